The monoisotopic (exact) mass is 637 g/mol. The van der Waals surface area contributed by atoms with Gasteiger partial charge >= 0.3 is 0 Å². The maximum Gasteiger partial charge on any atom is 0.163 e. The molecule has 0 N–H and O–H groups in total. The Balaban J connectivity index is 1.07. The quantitative estimate of drug-likeness (QED) is 0.180. The van der Waals surface area contributed by atoms with Gasteiger partial charge in [-0.15, -0.1) is 0 Å². The van der Waals surface area contributed by atoms with Crippen LogP contribution in [0, 0.1) is 13.8 Å². The number of aromatic nitrogens is 3. The molecular weight excluding hydrogens is 607 g/mol. The summed E-state index contributed by atoms with van der Waals surface area (Å²) >= 11 is 0. The van der Waals surface area contributed by atoms with Gasteiger partial charge in [0, 0.05) is 5.56 Å². The molecule has 9 aromatic rings. The van der Waals surface area contributed by atoms with Gasteiger partial charge in [-0.3, -0.25) is 0 Å². The van der Waals surface area contributed by atoms with Crippen LogP contribution >= 0.6 is 0 Å². The van der Waals surface area contributed by atoms with Crippen molar-refractivity contribution in [2.45, 2.75) is 13.8 Å². The van der Waals surface area contributed by atoms with Crippen molar-refractivity contribution >= 4 is 32.3 Å². The molecular formula is C47H31N3. The first-order valence-electron chi connectivity index (χ1n) is 17.1. The lowest BCUT2D eigenvalue weighted by Gasteiger charge is -2.14. The number of fused-ring (bicyclic) bond motifs is 6. The zero-order valence-corrected chi connectivity index (χ0v) is 27.8. The van der Waals surface area contributed by atoms with Crippen LogP contribution in [0.5, 0.6) is 0 Å². The molecule has 3 nitrogen and oxygen atoms in total. The van der Waals surface area contributed by atoms with E-state index in [1.807, 2.05) is 13.8 Å². The Kier molecular flexibility index (Phi) is 6.31. The standard InChI is InChI=1S/C47H31N3/c1-28-48-29(2)50-47(49-28)33-21-19-32(20-22-33)43-27-36(25-34-9-3-5-11-37(34)43)30-15-17-31(18-16-30)38-23-24-42-40-13-7-8-14-41(40)45-39-12-6-4-10-35(39)26-44(38)46(42)45/h3-27H,1-2H3. The molecule has 0 bridgehead atoms. The Morgan fingerprint density at radius 2 is 0.900 bits per heavy atom. The van der Waals surface area contributed by atoms with Crippen molar-refractivity contribution in [1.82, 2.24) is 15.0 Å². The van der Waals surface area contributed by atoms with Crippen molar-refractivity contribution < 1.29 is 0 Å². The molecule has 0 atom stereocenters. The van der Waals surface area contributed by atoms with Crippen LogP contribution in [0.15, 0.2) is 152 Å². The van der Waals surface area contributed by atoms with Crippen LogP contribution in [0.2, 0.25) is 0 Å². The first-order valence-corrected chi connectivity index (χ1v) is 17.1. The average Bonchev–Trinajstić information content (AvgIpc) is 3.50. The van der Waals surface area contributed by atoms with E-state index in [9.17, 15) is 0 Å². The zero-order chi connectivity index (χ0) is 33.3. The summed E-state index contributed by atoms with van der Waals surface area (Å²) in [6.07, 6.45) is 0. The lowest BCUT2D eigenvalue weighted by atomic mass is 9.89. The van der Waals surface area contributed by atoms with Gasteiger partial charge in [-0.2, -0.15) is 0 Å². The molecule has 1 aliphatic rings. The Labute approximate surface area is 290 Å². The largest absolute Gasteiger partial charge is 0.219 e. The first kappa shape index (κ1) is 28.6. The minimum absolute atomic E-state index is 0.707. The van der Waals surface area contributed by atoms with Gasteiger partial charge in [0.05, 0.1) is 0 Å². The third-order valence-corrected chi connectivity index (χ3v) is 10.2. The summed E-state index contributed by atoms with van der Waals surface area (Å²) in [6, 6.07) is 55.6. The van der Waals surface area contributed by atoms with Crippen LogP contribution in [-0.2, 0) is 0 Å². The molecule has 234 valence electrons. The second-order valence-corrected chi connectivity index (χ2v) is 13.3. The summed E-state index contributed by atoms with van der Waals surface area (Å²) in [5.74, 6) is 2.17. The summed E-state index contributed by atoms with van der Waals surface area (Å²) < 4.78 is 0. The maximum atomic E-state index is 4.57. The maximum absolute atomic E-state index is 4.57. The van der Waals surface area contributed by atoms with Gasteiger partial charge in [0.2, 0.25) is 0 Å². The van der Waals surface area contributed by atoms with Gasteiger partial charge < -0.3 is 0 Å². The van der Waals surface area contributed by atoms with E-state index in [0.29, 0.717) is 5.82 Å². The van der Waals surface area contributed by atoms with E-state index in [1.54, 1.807) is 0 Å². The lowest BCUT2D eigenvalue weighted by Crippen LogP contribution is -1.98. The Morgan fingerprint density at radius 1 is 0.340 bits per heavy atom. The van der Waals surface area contributed by atoms with E-state index in [0.717, 1.165) is 22.8 Å². The van der Waals surface area contributed by atoms with Gasteiger partial charge in [-0.05, 0) is 120 Å². The highest BCUT2D eigenvalue weighted by Crippen LogP contribution is 2.52. The minimum Gasteiger partial charge on any atom is -0.219 e. The molecule has 10 rings (SSSR count). The number of hydrogen-bond acceptors (Lipinski definition) is 3. The topological polar surface area (TPSA) is 38.7 Å². The fourth-order valence-electron chi connectivity index (χ4n) is 7.97. The zero-order valence-electron chi connectivity index (χ0n) is 27.8. The van der Waals surface area contributed by atoms with Crippen molar-refractivity contribution in [1.29, 1.82) is 0 Å². The van der Waals surface area contributed by atoms with Crippen molar-refractivity contribution in [3.8, 4) is 67.0 Å². The molecule has 0 radical (unpaired) electrons. The van der Waals surface area contributed by atoms with E-state index in [-0.39, 0.29) is 0 Å². The highest BCUT2D eigenvalue weighted by Gasteiger charge is 2.25. The van der Waals surface area contributed by atoms with Crippen LogP contribution in [-0.4, -0.2) is 15.0 Å². The summed E-state index contributed by atoms with van der Waals surface area (Å²) in [4.78, 5) is 13.5. The molecule has 3 heteroatoms. The molecule has 1 aliphatic carbocycles. The van der Waals surface area contributed by atoms with Crippen LogP contribution in [0.4, 0.5) is 0 Å². The summed E-state index contributed by atoms with van der Waals surface area (Å²) in [5.41, 5.74) is 13.6. The highest BCUT2D eigenvalue weighted by molar-refractivity contribution is 6.26. The fourth-order valence-corrected chi connectivity index (χ4v) is 7.97. The summed E-state index contributed by atoms with van der Waals surface area (Å²) in [7, 11) is 0. The predicted molar refractivity (Wildman–Crippen MR) is 208 cm³/mol. The number of benzene rings is 8. The van der Waals surface area contributed by atoms with E-state index in [2.05, 4.69) is 167 Å². The SMILES string of the molecule is Cc1nc(C)nc(-c2ccc(-c3cc(-c4ccc(-c5ccc6c7c(c8ccccc8cc57)-c5ccccc5-6)cc4)cc4ccccc34)cc2)n1. The summed E-state index contributed by atoms with van der Waals surface area (Å²) in [6.45, 7) is 3.81. The van der Waals surface area contributed by atoms with E-state index in [4.69, 9.17) is 0 Å². The van der Waals surface area contributed by atoms with Gasteiger partial charge in [0.1, 0.15) is 11.6 Å². The number of nitrogens with zero attached hydrogens (tertiary/aromatic N) is 3. The van der Waals surface area contributed by atoms with Crippen molar-refractivity contribution in [2.75, 3.05) is 0 Å². The van der Waals surface area contributed by atoms with Gasteiger partial charge in [-0.25, -0.2) is 15.0 Å². The molecule has 0 spiro atoms. The number of hydrogen-bond donors (Lipinski definition) is 0. The molecule has 0 unspecified atom stereocenters. The molecule has 1 heterocycles. The summed E-state index contributed by atoms with van der Waals surface area (Å²) in [5, 5.41) is 7.70. The molecule has 8 aromatic carbocycles. The normalized spacial score (nSPS) is 11.8. The van der Waals surface area contributed by atoms with Crippen LogP contribution in [0.1, 0.15) is 11.6 Å². The van der Waals surface area contributed by atoms with E-state index in [1.165, 1.54) is 82.4 Å². The molecule has 1 aromatic heterocycles. The smallest absolute Gasteiger partial charge is 0.163 e. The molecule has 0 aliphatic heterocycles. The predicted octanol–water partition coefficient (Wildman–Crippen LogP) is 12.3. The molecule has 0 amide bonds. The Bertz CT molecular complexity index is 2790. The molecule has 0 fully saturated rings. The lowest BCUT2D eigenvalue weighted by molar-refractivity contribution is 0.928. The number of aryl methyl sites for hydroxylation is 2. The van der Waals surface area contributed by atoms with Crippen molar-refractivity contribution in [3.63, 3.8) is 0 Å². The van der Waals surface area contributed by atoms with E-state index >= 15 is 0 Å². The van der Waals surface area contributed by atoms with E-state index < -0.39 is 0 Å². The van der Waals surface area contributed by atoms with Crippen LogP contribution in [0.25, 0.3) is 99.3 Å². The fraction of sp³-hybridized carbons (Fsp3) is 0.0426. The van der Waals surface area contributed by atoms with Crippen LogP contribution < -0.4 is 0 Å². The van der Waals surface area contributed by atoms with Gasteiger partial charge in [0.15, 0.2) is 5.82 Å². The third kappa shape index (κ3) is 4.48. The van der Waals surface area contributed by atoms with Crippen molar-refractivity contribution in [2.24, 2.45) is 0 Å². The van der Waals surface area contributed by atoms with Crippen molar-refractivity contribution in [3.05, 3.63) is 163 Å². The van der Waals surface area contributed by atoms with Gasteiger partial charge in [0.25, 0.3) is 0 Å². The molecule has 50 heavy (non-hydrogen) atoms. The first-order chi connectivity index (χ1) is 24.6. The second-order valence-electron chi connectivity index (χ2n) is 13.3. The van der Waals surface area contributed by atoms with Crippen LogP contribution in [0.3, 0.4) is 0 Å². The number of rotatable bonds is 4. The van der Waals surface area contributed by atoms with Gasteiger partial charge in [-0.1, -0.05) is 133 Å². The molecule has 0 saturated heterocycles. The second kappa shape index (κ2) is 11.0. The molecule has 0 saturated carbocycles. The Hall–Kier alpha value is -6.45. The third-order valence-electron chi connectivity index (χ3n) is 10.2. The Morgan fingerprint density at radius 3 is 1.64 bits per heavy atom. The minimum atomic E-state index is 0.707. The highest BCUT2D eigenvalue weighted by atomic mass is 15.0. The average molecular weight is 638 g/mol.